The zero-order valence-electron chi connectivity index (χ0n) is 19.1. The Hall–Kier alpha value is -4.31. The van der Waals surface area contributed by atoms with E-state index in [1.165, 1.54) is 11.8 Å². The number of rotatable bonds is 8. The topological polar surface area (TPSA) is 107 Å². The van der Waals surface area contributed by atoms with Gasteiger partial charge in [-0.2, -0.15) is 0 Å². The Kier molecular flexibility index (Phi) is 7.63. The number of thioether (sulfide) groups is 1. The highest BCUT2D eigenvalue weighted by atomic mass is 32.2. The van der Waals surface area contributed by atoms with Crippen molar-refractivity contribution in [3.63, 3.8) is 0 Å². The largest absolute Gasteiger partial charge is 0.497 e. The summed E-state index contributed by atoms with van der Waals surface area (Å²) in [6.45, 7) is 0. The maximum absolute atomic E-state index is 12.4. The summed E-state index contributed by atoms with van der Waals surface area (Å²) in [4.78, 5) is 24.7. The molecule has 0 saturated carbocycles. The Balaban J connectivity index is 1.47. The fraction of sp³-hybridized carbons (Fsp3) is 0.120. The van der Waals surface area contributed by atoms with Crippen molar-refractivity contribution in [3.8, 4) is 28.6 Å². The quantitative estimate of drug-likeness (QED) is 0.288. The van der Waals surface area contributed by atoms with E-state index in [9.17, 15) is 9.59 Å². The molecule has 0 saturated heterocycles. The standard InChI is InChI=1S/C25H23N5O4S/c1-33-19-14-12-17(13-15-19)24(32)28-26-22(31)16-35-25-29-27-23(20-10-6-7-11-21(20)34-2)30(25)18-8-4-3-5-9-18/h3-15H,16H2,1-2H3,(H,26,31)(H,28,32). The lowest BCUT2D eigenvalue weighted by molar-refractivity contribution is -0.119. The molecule has 9 nitrogen and oxygen atoms in total. The van der Waals surface area contributed by atoms with Gasteiger partial charge in [-0.1, -0.05) is 42.1 Å². The summed E-state index contributed by atoms with van der Waals surface area (Å²) < 4.78 is 12.5. The molecule has 2 amide bonds. The van der Waals surface area contributed by atoms with Crippen LogP contribution >= 0.6 is 11.8 Å². The fourth-order valence-electron chi connectivity index (χ4n) is 3.28. The van der Waals surface area contributed by atoms with Gasteiger partial charge in [-0.05, 0) is 48.5 Å². The van der Waals surface area contributed by atoms with E-state index in [2.05, 4.69) is 21.0 Å². The zero-order chi connectivity index (χ0) is 24.6. The van der Waals surface area contributed by atoms with Gasteiger partial charge in [0.15, 0.2) is 11.0 Å². The van der Waals surface area contributed by atoms with Gasteiger partial charge in [-0.25, -0.2) is 0 Å². The maximum Gasteiger partial charge on any atom is 0.269 e. The summed E-state index contributed by atoms with van der Waals surface area (Å²) >= 11 is 1.20. The number of carbonyl (C=O) groups is 2. The summed E-state index contributed by atoms with van der Waals surface area (Å²) in [5.74, 6) is 1.07. The molecule has 0 spiro atoms. The summed E-state index contributed by atoms with van der Waals surface area (Å²) in [7, 11) is 3.15. The molecule has 0 aliphatic rings. The molecule has 0 atom stereocenters. The third-order valence-electron chi connectivity index (χ3n) is 5.00. The van der Waals surface area contributed by atoms with Crippen LogP contribution in [0.2, 0.25) is 0 Å². The van der Waals surface area contributed by atoms with Crippen molar-refractivity contribution in [2.75, 3.05) is 20.0 Å². The second-order valence-corrected chi connectivity index (χ2v) is 8.14. The van der Waals surface area contributed by atoms with Gasteiger partial charge in [0.2, 0.25) is 5.91 Å². The highest BCUT2D eigenvalue weighted by Crippen LogP contribution is 2.33. The number of ether oxygens (including phenoxy) is 2. The first-order valence-corrected chi connectivity index (χ1v) is 11.6. The molecule has 2 N–H and O–H groups in total. The van der Waals surface area contributed by atoms with Crippen LogP contribution in [-0.4, -0.2) is 46.6 Å². The van der Waals surface area contributed by atoms with Gasteiger partial charge in [0.1, 0.15) is 11.5 Å². The van der Waals surface area contributed by atoms with Gasteiger partial charge in [0, 0.05) is 11.3 Å². The Bertz CT molecular complexity index is 1310. The molecule has 0 aliphatic carbocycles. The Morgan fingerprint density at radius 1 is 0.857 bits per heavy atom. The van der Waals surface area contributed by atoms with E-state index >= 15 is 0 Å². The van der Waals surface area contributed by atoms with Gasteiger partial charge in [-0.3, -0.25) is 25.0 Å². The molecule has 0 radical (unpaired) electrons. The molecular weight excluding hydrogens is 466 g/mol. The van der Waals surface area contributed by atoms with Gasteiger partial charge in [-0.15, -0.1) is 10.2 Å². The summed E-state index contributed by atoms with van der Waals surface area (Å²) in [5, 5.41) is 9.22. The number of nitrogens with zero attached hydrogens (tertiary/aromatic N) is 3. The molecular formula is C25H23N5O4S. The smallest absolute Gasteiger partial charge is 0.269 e. The minimum atomic E-state index is -0.433. The van der Waals surface area contributed by atoms with Gasteiger partial charge in [0.25, 0.3) is 5.91 Å². The molecule has 178 valence electrons. The lowest BCUT2D eigenvalue weighted by Crippen LogP contribution is -2.42. The van der Waals surface area contributed by atoms with E-state index in [1.54, 1.807) is 38.5 Å². The number of para-hydroxylation sites is 2. The van der Waals surface area contributed by atoms with Crippen molar-refractivity contribution < 1.29 is 19.1 Å². The molecule has 10 heteroatoms. The molecule has 4 rings (SSSR count). The van der Waals surface area contributed by atoms with E-state index in [0.717, 1.165) is 11.3 Å². The van der Waals surface area contributed by atoms with Crippen LogP contribution in [0.15, 0.2) is 84.0 Å². The van der Waals surface area contributed by atoms with E-state index in [0.29, 0.717) is 28.0 Å². The Morgan fingerprint density at radius 2 is 1.57 bits per heavy atom. The lowest BCUT2D eigenvalue weighted by atomic mass is 10.2. The monoisotopic (exact) mass is 489 g/mol. The highest BCUT2D eigenvalue weighted by Gasteiger charge is 2.19. The average Bonchev–Trinajstić information content (AvgIpc) is 3.34. The number of benzene rings is 3. The van der Waals surface area contributed by atoms with Crippen molar-refractivity contribution in [2.24, 2.45) is 0 Å². The maximum atomic E-state index is 12.4. The minimum absolute atomic E-state index is 0.0137. The number of methoxy groups -OCH3 is 2. The van der Waals surface area contributed by atoms with E-state index in [1.807, 2.05) is 59.2 Å². The summed E-state index contributed by atoms with van der Waals surface area (Å²) in [6, 6.07) is 23.7. The van der Waals surface area contributed by atoms with E-state index in [4.69, 9.17) is 9.47 Å². The third-order valence-corrected chi connectivity index (χ3v) is 5.92. The van der Waals surface area contributed by atoms with Crippen LogP contribution in [0.4, 0.5) is 0 Å². The number of nitrogens with one attached hydrogen (secondary N) is 2. The van der Waals surface area contributed by atoms with Crippen LogP contribution in [0.1, 0.15) is 10.4 Å². The Morgan fingerprint density at radius 3 is 2.29 bits per heavy atom. The SMILES string of the molecule is COc1ccc(C(=O)NNC(=O)CSc2nnc(-c3ccccc3OC)n2-c2ccccc2)cc1. The molecule has 1 aromatic heterocycles. The third kappa shape index (κ3) is 5.61. The number of hydrogen-bond donors (Lipinski definition) is 2. The molecule has 35 heavy (non-hydrogen) atoms. The fourth-order valence-corrected chi connectivity index (χ4v) is 4.04. The number of aromatic nitrogens is 3. The number of hydrogen-bond acceptors (Lipinski definition) is 7. The predicted molar refractivity (Wildman–Crippen MR) is 133 cm³/mol. The first kappa shape index (κ1) is 23.8. The van der Waals surface area contributed by atoms with E-state index in [-0.39, 0.29) is 5.75 Å². The van der Waals surface area contributed by atoms with Crippen molar-refractivity contribution in [1.29, 1.82) is 0 Å². The van der Waals surface area contributed by atoms with Crippen LogP contribution in [0.3, 0.4) is 0 Å². The normalized spacial score (nSPS) is 10.5. The van der Waals surface area contributed by atoms with Crippen molar-refractivity contribution in [2.45, 2.75) is 5.16 Å². The predicted octanol–water partition coefficient (Wildman–Crippen LogP) is 3.50. The van der Waals surface area contributed by atoms with Crippen molar-refractivity contribution >= 4 is 23.6 Å². The average molecular weight is 490 g/mol. The highest BCUT2D eigenvalue weighted by molar-refractivity contribution is 7.99. The molecule has 0 aliphatic heterocycles. The lowest BCUT2D eigenvalue weighted by Gasteiger charge is -2.12. The number of carbonyl (C=O) groups excluding carboxylic acids is 2. The molecule has 0 bridgehead atoms. The number of amides is 2. The van der Waals surface area contributed by atoms with Crippen LogP contribution < -0.4 is 20.3 Å². The van der Waals surface area contributed by atoms with Crippen LogP contribution in [-0.2, 0) is 4.79 Å². The first-order valence-electron chi connectivity index (χ1n) is 10.6. The van der Waals surface area contributed by atoms with Crippen molar-refractivity contribution in [3.05, 3.63) is 84.4 Å². The minimum Gasteiger partial charge on any atom is -0.497 e. The van der Waals surface area contributed by atoms with Crippen LogP contribution in [0.5, 0.6) is 11.5 Å². The Labute approximate surface area is 206 Å². The van der Waals surface area contributed by atoms with E-state index < -0.39 is 11.8 Å². The first-order chi connectivity index (χ1) is 17.1. The summed E-state index contributed by atoms with van der Waals surface area (Å²) in [6.07, 6.45) is 0. The van der Waals surface area contributed by atoms with Gasteiger partial charge >= 0.3 is 0 Å². The second-order valence-electron chi connectivity index (χ2n) is 7.20. The van der Waals surface area contributed by atoms with Gasteiger partial charge in [0.05, 0.1) is 25.5 Å². The molecule has 3 aromatic carbocycles. The molecule has 4 aromatic rings. The van der Waals surface area contributed by atoms with Crippen molar-refractivity contribution in [1.82, 2.24) is 25.6 Å². The molecule has 0 unspecified atom stereocenters. The van der Waals surface area contributed by atoms with Crippen LogP contribution in [0, 0.1) is 0 Å². The molecule has 1 heterocycles. The van der Waals surface area contributed by atoms with Gasteiger partial charge < -0.3 is 9.47 Å². The summed E-state index contributed by atoms with van der Waals surface area (Å²) in [5.41, 5.74) is 6.85. The van der Waals surface area contributed by atoms with Crippen LogP contribution in [0.25, 0.3) is 17.1 Å². The zero-order valence-corrected chi connectivity index (χ0v) is 19.9. The molecule has 0 fully saturated rings. The number of hydrazine groups is 1. The second kappa shape index (κ2) is 11.2.